The Morgan fingerprint density at radius 2 is 2.19 bits per heavy atom. The molecular weight excluding hydrogens is 469 g/mol. The van der Waals surface area contributed by atoms with E-state index in [4.69, 9.17) is 23.2 Å². The highest BCUT2D eigenvalue weighted by Gasteiger charge is 2.31. The molecule has 0 aromatic carbocycles. The molecule has 7 nitrogen and oxygen atoms in total. The molecule has 32 heavy (non-hydrogen) atoms. The van der Waals surface area contributed by atoms with Gasteiger partial charge in [-0.15, -0.1) is 11.3 Å². The van der Waals surface area contributed by atoms with Gasteiger partial charge in [0.25, 0.3) is 0 Å². The fraction of sp³-hybridized carbons (Fsp3) is 0.409. The van der Waals surface area contributed by atoms with Gasteiger partial charge < -0.3 is 20.5 Å². The van der Waals surface area contributed by atoms with Crippen LogP contribution >= 0.6 is 34.5 Å². The number of aryl methyl sites for hydroxylation is 1. The lowest BCUT2D eigenvalue weighted by molar-refractivity contribution is -0.129. The van der Waals surface area contributed by atoms with Gasteiger partial charge in [0.1, 0.15) is 16.0 Å². The monoisotopic (exact) mass is 493 g/mol. The predicted molar refractivity (Wildman–Crippen MR) is 128 cm³/mol. The Morgan fingerprint density at radius 3 is 2.94 bits per heavy atom. The SMILES string of the molecule is C[C@H](NC(=O)[C@H]1C[C@H](Cc2cc(Cl)c(Cl)s2)CN1)C(=O)NCc1cnc2c(ccn2C)c1. The quantitative estimate of drug-likeness (QED) is 0.471. The van der Waals surface area contributed by atoms with Gasteiger partial charge in [0.05, 0.1) is 11.1 Å². The van der Waals surface area contributed by atoms with E-state index in [1.54, 1.807) is 13.1 Å². The maximum absolute atomic E-state index is 12.6. The number of aromatic nitrogens is 2. The molecule has 3 N–H and O–H groups in total. The van der Waals surface area contributed by atoms with Gasteiger partial charge in [0.2, 0.25) is 11.8 Å². The molecule has 170 valence electrons. The summed E-state index contributed by atoms with van der Waals surface area (Å²) in [5, 5.41) is 10.5. The molecule has 3 aromatic rings. The van der Waals surface area contributed by atoms with Crippen molar-refractivity contribution < 1.29 is 9.59 Å². The standard InChI is InChI=1S/C22H25Cl2N5O2S/c1-12(21(30)27-11-14-5-15-3-4-29(2)20(15)26-10-14)28-22(31)18-7-13(9-25-18)6-16-8-17(23)19(24)32-16/h3-5,8,10,12-13,18,25H,6-7,9,11H2,1-2H3,(H,27,30)(H,28,31)/t12-,13-,18+/m0/s1. The molecule has 0 saturated carbocycles. The zero-order valence-corrected chi connectivity index (χ0v) is 20.2. The van der Waals surface area contributed by atoms with Crippen LogP contribution in [-0.4, -0.2) is 40.0 Å². The summed E-state index contributed by atoms with van der Waals surface area (Å²) in [7, 11) is 1.94. The van der Waals surface area contributed by atoms with Gasteiger partial charge in [-0.05, 0) is 56.0 Å². The number of fused-ring (bicyclic) bond motifs is 1. The third-order valence-electron chi connectivity index (χ3n) is 5.71. The van der Waals surface area contributed by atoms with Crippen molar-refractivity contribution in [2.75, 3.05) is 6.54 Å². The molecule has 2 amide bonds. The van der Waals surface area contributed by atoms with Crippen LogP contribution < -0.4 is 16.0 Å². The Balaban J connectivity index is 1.24. The van der Waals surface area contributed by atoms with Gasteiger partial charge in [-0.3, -0.25) is 9.59 Å². The van der Waals surface area contributed by atoms with E-state index in [2.05, 4.69) is 20.9 Å². The van der Waals surface area contributed by atoms with Crippen molar-refractivity contribution in [3.05, 3.63) is 50.4 Å². The average molecular weight is 494 g/mol. The zero-order chi connectivity index (χ0) is 22.8. The van der Waals surface area contributed by atoms with Gasteiger partial charge in [0.15, 0.2) is 0 Å². The lowest BCUT2D eigenvalue weighted by atomic mass is 10.0. The Hall–Kier alpha value is -2.13. The second-order valence-corrected chi connectivity index (χ2v) is 10.4. The first kappa shape index (κ1) is 23.0. The Kier molecular flexibility index (Phi) is 7.05. The summed E-state index contributed by atoms with van der Waals surface area (Å²) in [6, 6.07) is 4.93. The van der Waals surface area contributed by atoms with E-state index in [1.807, 2.05) is 36.0 Å². The second kappa shape index (κ2) is 9.79. The Labute approximate surface area is 200 Å². The zero-order valence-electron chi connectivity index (χ0n) is 17.8. The van der Waals surface area contributed by atoms with Crippen molar-refractivity contribution in [3.63, 3.8) is 0 Å². The number of nitrogens with zero attached hydrogens (tertiary/aromatic N) is 2. The van der Waals surface area contributed by atoms with Gasteiger partial charge in [-0.1, -0.05) is 23.2 Å². The van der Waals surface area contributed by atoms with Crippen molar-refractivity contribution in [1.29, 1.82) is 0 Å². The Bertz CT molecular complexity index is 1130. The van der Waals surface area contributed by atoms with Crippen LogP contribution in [0.1, 0.15) is 23.8 Å². The molecule has 0 spiro atoms. The van der Waals surface area contributed by atoms with Crippen LogP contribution in [0.4, 0.5) is 0 Å². The lowest BCUT2D eigenvalue weighted by Crippen LogP contribution is -2.49. The van der Waals surface area contributed by atoms with Crippen LogP contribution in [0.5, 0.6) is 0 Å². The highest BCUT2D eigenvalue weighted by molar-refractivity contribution is 7.16. The summed E-state index contributed by atoms with van der Waals surface area (Å²) >= 11 is 13.5. The molecule has 0 unspecified atom stereocenters. The van der Waals surface area contributed by atoms with E-state index in [0.29, 0.717) is 28.2 Å². The second-order valence-electron chi connectivity index (χ2n) is 8.23. The largest absolute Gasteiger partial charge is 0.350 e. The summed E-state index contributed by atoms with van der Waals surface area (Å²) in [6.45, 7) is 2.78. The first-order chi connectivity index (χ1) is 15.3. The molecule has 10 heteroatoms. The number of hydrogen-bond acceptors (Lipinski definition) is 5. The molecule has 0 radical (unpaired) electrons. The van der Waals surface area contributed by atoms with Crippen molar-refractivity contribution >= 4 is 57.4 Å². The van der Waals surface area contributed by atoms with E-state index in [1.165, 1.54) is 11.3 Å². The number of hydrogen-bond donors (Lipinski definition) is 3. The van der Waals surface area contributed by atoms with Crippen molar-refractivity contribution in [2.45, 2.75) is 38.4 Å². The number of halogens is 2. The van der Waals surface area contributed by atoms with Gasteiger partial charge in [-0.2, -0.15) is 0 Å². The minimum absolute atomic E-state index is 0.162. The van der Waals surface area contributed by atoms with E-state index >= 15 is 0 Å². The van der Waals surface area contributed by atoms with Crippen LogP contribution in [0, 0.1) is 5.92 Å². The van der Waals surface area contributed by atoms with Gasteiger partial charge in [-0.25, -0.2) is 4.98 Å². The first-order valence-electron chi connectivity index (χ1n) is 10.4. The van der Waals surface area contributed by atoms with Crippen molar-refractivity contribution in [3.8, 4) is 0 Å². The maximum Gasteiger partial charge on any atom is 0.242 e. The summed E-state index contributed by atoms with van der Waals surface area (Å²) in [5.74, 6) is -0.0743. The topological polar surface area (TPSA) is 88.1 Å². The van der Waals surface area contributed by atoms with E-state index in [9.17, 15) is 9.59 Å². The molecule has 0 aliphatic carbocycles. The third-order valence-corrected chi connectivity index (χ3v) is 7.59. The highest BCUT2D eigenvalue weighted by atomic mass is 35.5. The molecule has 3 aromatic heterocycles. The molecule has 1 aliphatic heterocycles. The fourth-order valence-corrected chi connectivity index (χ4v) is 5.51. The number of nitrogens with one attached hydrogen (secondary N) is 3. The smallest absolute Gasteiger partial charge is 0.242 e. The third kappa shape index (κ3) is 5.26. The lowest BCUT2D eigenvalue weighted by Gasteiger charge is -2.17. The number of pyridine rings is 1. The van der Waals surface area contributed by atoms with Crippen LogP contribution in [0.15, 0.2) is 30.6 Å². The van der Waals surface area contributed by atoms with Crippen LogP contribution in [0.25, 0.3) is 11.0 Å². The molecule has 1 fully saturated rings. The van der Waals surface area contributed by atoms with Crippen molar-refractivity contribution in [2.24, 2.45) is 13.0 Å². The summed E-state index contributed by atoms with van der Waals surface area (Å²) < 4.78 is 2.54. The number of carbonyl (C=O) groups is 2. The normalized spacial score (nSPS) is 19.2. The Morgan fingerprint density at radius 1 is 1.38 bits per heavy atom. The minimum Gasteiger partial charge on any atom is -0.350 e. The van der Waals surface area contributed by atoms with E-state index < -0.39 is 6.04 Å². The fourth-order valence-electron chi connectivity index (χ4n) is 3.96. The number of thiophene rings is 1. The molecular formula is C22H25Cl2N5O2S. The van der Waals surface area contributed by atoms with E-state index in [0.717, 1.165) is 34.4 Å². The average Bonchev–Trinajstić information content (AvgIpc) is 3.46. The first-order valence-corrected chi connectivity index (χ1v) is 12.0. The molecule has 4 heterocycles. The van der Waals surface area contributed by atoms with E-state index in [-0.39, 0.29) is 17.9 Å². The van der Waals surface area contributed by atoms with Gasteiger partial charge >= 0.3 is 0 Å². The summed E-state index contributed by atoms with van der Waals surface area (Å²) in [4.78, 5) is 30.7. The van der Waals surface area contributed by atoms with Crippen LogP contribution in [0.2, 0.25) is 9.36 Å². The summed E-state index contributed by atoms with van der Waals surface area (Å²) in [6.07, 6.45) is 5.23. The molecule has 3 atom stereocenters. The van der Waals surface area contributed by atoms with Crippen LogP contribution in [0.3, 0.4) is 0 Å². The molecule has 1 aliphatic rings. The summed E-state index contributed by atoms with van der Waals surface area (Å²) in [5.41, 5.74) is 1.80. The number of rotatable bonds is 7. The molecule has 4 rings (SSSR count). The molecule has 1 saturated heterocycles. The molecule has 0 bridgehead atoms. The predicted octanol–water partition coefficient (Wildman–Crippen LogP) is 3.28. The maximum atomic E-state index is 12.6. The van der Waals surface area contributed by atoms with Crippen LogP contribution in [-0.2, 0) is 29.6 Å². The minimum atomic E-state index is -0.633. The number of carbonyl (C=O) groups excluding carboxylic acids is 2. The van der Waals surface area contributed by atoms with Crippen molar-refractivity contribution in [1.82, 2.24) is 25.5 Å². The van der Waals surface area contributed by atoms with Gasteiger partial charge in [0, 0.05) is 36.2 Å². The highest BCUT2D eigenvalue weighted by Crippen LogP contribution is 2.34. The number of amides is 2.